The smallest absolute Gasteiger partial charge is 0.234 e. The van der Waals surface area contributed by atoms with Crippen molar-refractivity contribution in [2.75, 3.05) is 12.3 Å². The molecule has 0 aliphatic heterocycles. The SMILES string of the molecule is CCOc1cncc(-n2ncc3ccc(N)cc32)n1. The Hall–Kier alpha value is -2.63. The van der Waals surface area contributed by atoms with E-state index in [0.717, 1.165) is 10.9 Å². The predicted molar refractivity (Wildman–Crippen MR) is 72.2 cm³/mol. The molecule has 19 heavy (non-hydrogen) atoms. The number of ether oxygens (including phenoxy) is 1. The summed E-state index contributed by atoms with van der Waals surface area (Å²) in [6, 6.07) is 5.63. The minimum atomic E-state index is 0.479. The monoisotopic (exact) mass is 255 g/mol. The number of rotatable bonds is 3. The lowest BCUT2D eigenvalue weighted by Crippen LogP contribution is -2.03. The summed E-state index contributed by atoms with van der Waals surface area (Å²) < 4.78 is 7.04. The van der Waals surface area contributed by atoms with Crippen molar-refractivity contribution >= 4 is 16.6 Å². The quantitative estimate of drug-likeness (QED) is 0.722. The van der Waals surface area contributed by atoms with E-state index in [4.69, 9.17) is 10.5 Å². The number of hydrogen-bond donors (Lipinski definition) is 1. The Morgan fingerprint density at radius 3 is 3.00 bits per heavy atom. The molecular weight excluding hydrogens is 242 g/mol. The Balaban J connectivity index is 2.13. The lowest BCUT2D eigenvalue weighted by atomic mass is 10.2. The van der Waals surface area contributed by atoms with Crippen LogP contribution < -0.4 is 10.5 Å². The molecule has 0 aliphatic carbocycles. The van der Waals surface area contributed by atoms with Crippen LogP contribution in [-0.2, 0) is 0 Å². The zero-order valence-corrected chi connectivity index (χ0v) is 10.4. The van der Waals surface area contributed by atoms with Crippen LogP contribution in [0.3, 0.4) is 0 Å². The van der Waals surface area contributed by atoms with Gasteiger partial charge < -0.3 is 10.5 Å². The highest BCUT2D eigenvalue weighted by Gasteiger charge is 2.08. The van der Waals surface area contributed by atoms with Gasteiger partial charge in [-0.05, 0) is 25.1 Å². The second-order valence-electron chi connectivity index (χ2n) is 4.02. The van der Waals surface area contributed by atoms with Gasteiger partial charge in [-0.3, -0.25) is 4.98 Å². The fourth-order valence-electron chi connectivity index (χ4n) is 1.88. The molecule has 0 amide bonds. The van der Waals surface area contributed by atoms with E-state index in [9.17, 15) is 0 Å². The van der Waals surface area contributed by atoms with Crippen molar-refractivity contribution in [2.24, 2.45) is 0 Å². The summed E-state index contributed by atoms with van der Waals surface area (Å²) in [4.78, 5) is 8.47. The average molecular weight is 255 g/mol. The van der Waals surface area contributed by atoms with Gasteiger partial charge in [0.1, 0.15) is 0 Å². The van der Waals surface area contributed by atoms with E-state index in [0.29, 0.717) is 24.0 Å². The number of aromatic nitrogens is 4. The van der Waals surface area contributed by atoms with Crippen LogP contribution in [0, 0.1) is 0 Å². The number of benzene rings is 1. The van der Waals surface area contributed by atoms with Gasteiger partial charge in [-0.25, -0.2) is 4.68 Å². The molecular formula is C13H13N5O. The van der Waals surface area contributed by atoms with Crippen molar-refractivity contribution in [2.45, 2.75) is 6.92 Å². The molecule has 3 rings (SSSR count). The topological polar surface area (TPSA) is 78.8 Å². The molecule has 0 atom stereocenters. The van der Waals surface area contributed by atoms with Gasteiger partial charge in [-0.1, -0.05) is 0 Å². The molecule has 1 aromatic carbocycles. The molecule has 6 nitrogen and oxygen atoms in total. The third-order valence-corrected chi connectivity index (χ3v) is 2.70. The standard InChI is InChI=1S/C13H13N5O/c1-2-19-13-8-15-7-12(17-13)18-11-5-10(14)4-3-9(11)6-16-18/h3-8H,2,14H2,1H3. The molecule has 0 unspecified atom stereocenters. The molecule has 0 bridgehead atoms. The largest absolute Gasteiger partial charge is 0.477 e. The maximum atomic E-state index is 5.81. The van der Waals surface area contributed by atoms with E-state index < -0.39 is 0 Å². The number of anilines is 1. The fraction of sp³-hybridized carbons (Fsp3) is 0.154. The first-order chi connectivity index (χ1) is 9.28. The summed E-state index contributed by atoms with van der Waals surface area (Å²) in [6.45, 7) is 2.45. The second kappa shape index (κ2) is 4.56. The summed E-state index contributed by atoms with van der Waals surface area (Å²) in [5.74, 6) is 1.08. The van der Waals surface area contributed by atoms with Crippen LogP contribution in [0.25, 0.3) is 16.7 Å². The van der Waals surface area contributed by atoms with Gasteiger partial charge in [0.15, 0.2) is 5.82 Å². The van der Waals surface area contributed by atoms with Crippen LogP contribution in [0.5, 0.6) is 5.88 Å². The first kappa shape index (κ1) is 11.5. The molecule has 2 N–H and O–H groups in total. The maximum absolute atomic E-state index is 5.81. The van der Waals surface area contributed by atoms with Gasteiger partial charge in [0.25, 0.3) is 0 Å². The Labute approximate surface area is 109 Å². The van der Waals surface area contributed by atoms with Gasteiger partial charge in [0.05, 0.1) is 30.7 Å². The molecule has 0 spiro atoms. The first-order valence-electron chi connectivity index (χ1n) is 5.96. The second-order valence-corrected chi connectivity index (χ2v) is 4.02. The van der Waals surface area contributed by atoms with Crippen molar-refractivity contribution < 1.29 is 4.74 Å². The van der Waals surface area contributed by atoms with Crippen molar-refractivity contribution in [3.8, 4) is 11.7 Å². The summed E-state index contributed by atoms with van der Waals surface area (Å²) in [7, 11) is 0. The lowest BCUT2D eigenvalue weighted by molar-refractivity contribution is 0.325. The molecule has 96 valence electrons. The van der Waals surface area contributed by atoms with E-state index in [2.05, 4.69) is 15.1 Å². The molecule has 0 radical (unpaired) electrons. The lowest BCUT2D eigenvalue weighted by Gasteiger charge is -2.05. The van der Waals surface area contributed by atoms with Crippen LogP contribution in [0.4, 0.5) is 5.69 Å². The van der Waals surface area contributed by atoms with Crippen LogP contribution in [0.15, 0.2) is 36.8 Å². The minimum Gasteiger partial charge on any atom is -0.477 e. The molecule has 0 aliphatic rings. The number of nitrogen functional groups attached to an aromatic ring is 1. The highest BCUT2D eigenvalue weighted by molar-refractivity contribution is 5.83. The van der Waals surface area contributed by atoms with Crippen molar-refractivity contribution in [1.29, 1.82) is 0 Å². The molecule has 0 saturated heterocycles. The van der Waals surface area contributed by atoms with E-state index >= 15 is 0 Å². The Bertz CT molecular complexity index is 722. The van der Waals surface area contributed by atoms with E-state index in [1.54, 1.807) is 23.3 Å². The van der Waals surface area contributed by atoms with Crippen molar-refractivity contribution in [3.05, 3.63) is 36.8 Å². The fourth-order valence-corrected chi connectivity index (χ4v) is 1.88. The predicted octanol–water partition coefficient (Wildman–Crippen LogP) is 1.80. The Kier molecular flexibility index (Phi) is 2.75. The highest BCUT2D eigenvalue weighted by atomic mass is 16.5. The zero-order chi connectivity index (χ0) is 13.2. The van der Waals surface area contributed by atoms with Gasteiger partial charge in [-0.2, -0.15) is 10.1 Å². The number of nitrogens with two attached hydrogens (primary N) is 1. The van der Waals surface area contributed by atoms with Crippen LogP contribution in [0.1, 0.15) is 6.92 Å². The average Bonchev–Trinajstić information content (AvgIpc) is 2.82. The van der Waals surface area contributed by atoms with Gasteiger partial charge in [0.2, 0.25) is 5.88 Å². The van der Waals surface area contributed by atoms with E-state index in [-0.39, 0.29) is 0 Å². The summed E-state index contributed by atoms with van der Waals surface area (Å²) in [5.41, 5.74) is 7.38. The molecule has 3 aromatic rings. The number of hydrogen-bond acceptors (Lipinski definition) is 5. The third-order valence-electron chi connectivity index (χ3n) is 2.70. The summed E-state index contributed by atoms with van der Waals surface area (Å²) >= 11 is 0. The summed E-state index contributed by atoms with van der Waals surface area (Å²) in [6.07, 6.45) is 4.98. The van der Waals surface area contributed by atoms with E-state index in [1.807, 2.05) is 25.1 Å². The number of fused-ring (bicyclic) bond motifs is 1. The first-order valence-corrected chi connectivity index (χ1v) is 5.96. The van der Waals surface area contributed by atoms with Crippen LogP contribution >= 0.6 is 0 Å². The van der Waals surface area contributed by atoms with Gasteiger partial charge in [0, 0.05) is 11.1 Å². The number of nitrogens with zero attached hydrogens (tertiary/aromatic N) is 4. The van der Waals surface area contributed by atoms with Crippen LogP contribution in [-0.4, -0.2) is 26.4 Å². The Morgan fingerprint density at radius 2 is 2.16 bits per heavy atom. The molecule has 0 saturated carbocycles. The van der Waals surface area contributed by atoms with Gasteiger partial charge in [-0.15, -0.1) is 0 Å². The molecule has 2 aromatic heterocycles. The maximum Gasteiger partial charge on any atom is 0.234 e. The third kappa shape index (κ3) is 2.08. The van der Waals surface area contributed by atoms with E-state index in [1.165, 1.54) is 0 Å². The van der Waals surface area contributed by atoms with Crippen LogP contribution in [0.2, 0.25) is 0 Å². The van der Waals surface area contributed by atoms with Crippen molar-refractivity contribution in [1.82, 2.24) is 19.7 Å². The highest BCUT2D eigenvalue weighted by Crippen LogP contribution is 2.20. The zero-order valence-electron chi connectivity index (χ0n) is 10.4. The van der Waals surface area contributed by atoms with Crippen molar-refractivity contribution in [3.63, 3.8) is 0 Å². The Morgan fingerprint density at radius 1 is 1.26 bits per heavy atom. The minimum absolute atomic E-state index is 0.479. The molecule has 2 heterocycles. The van der Waals surface area contributed by atoms with Gasteiger partial charge >= 0.3 is 0 Å². The normalized spacial score (nSPS) is 10.8. The molecule has 6 heteroatoms. The molecule has 0 fully saturated rings. The summed E-state index contributed by atoms with van der Waals surface area (Å²) in [5, 5.41) is 5.31.